The second kappa shape index (κ2) is 7.05. The number of nitrogens with zero attached hydrogens (tertiary/aromatic N) is 1. The third-order valence-corrected chi connectivity index (χ3v) is 5.13. The predicted molar refractivity (Wildman–Crippen MR) is 88.2 cm³/mol. The van der Waals surface area contributed by atoms with E-state index < -0.39 is 5.41 Å². The van der Waals surface area contributed by atoms with Crippen LogP contribution in [0.25, 0.3) is 0 Å². The average molecular weight is 334 g/mol. The van der Waals surface area contributed by atoms with Gasteiger partial charge in [-0.25, -0.2) is 4.98 Å². The normalized spacial score (nSPS) is 17.9. The van der Waals surface area contributed by atoms with Crippen LogP contribution in [0.5, 0.6) is 0 Å². The molecule has 1 aromatic rings. The lowest BCUT2D eigenvalue weighted by atomic mass is 9.79. The van der Waals surface area contributed by atoms with Crippen LogP contribution in [0.4, 0.5) is 5.13 Å². The maximum Gasteiger partial charge on any atom is 0.233 e. The molecule has 0 aromatic carbocycles. The quantitative estimate of drug-likeness (QED) is 0.891. The molecule has 5 nitrogen and oxygen atoms in total. The summed E-state index contributed by atoms with van der Waals surface area (Å²) in [6.45, 7) is 7.93. The van der Waals surface area contributed by atoms with Crippen molar-refractivity contribution in [1.29, 1.82) is 0 Å². The lowest BCUT2D eigenvalue weighted by Crippen LogP contribution is -2.46. The number of aromatic nitrogens is 1. The highest BCUT2D eigenvalue weighted by Crippen LogP contribution is 2.33. The molecule has 1 amide bonds. The Kier molecular flexibility index (Phi) is 6.16. The van der Waals surface area contributed by atoms with Crippen molar-refractivity contribution < 1.29 is 9.53 Å². The summed E-state index contributed by atoms with van der Waals surface area (Å²) in [4.78, 5) is 18.0. The summed E-state index contributed by atoms with van der Waals surface area (Å²) in [6.07, 6.45) is 3.18. The van der Waals surface area contributed by atoms with Crippen LogP contribution in [0.2, 0.25) is 0 Å². The van der Waals surface area contributed by atoms with Crippen LogP contribution in [0.1, 0.15) is 38.5 Å². The molecule has 2 heterocycles. The van der Waals surface area contributed by atoms with Crippen LogP contribution in [-0.2, 0) is 14.9 Å². The molecule has 1 fully saturated rings. The first-order valence-electron chi connectivity index (χ1n) is 6.93. The van der Waals surface area contributed by atoms with Crippen LogP contribution >= 0.6 is 23.7 Å². The van der Waals surface area contributed by atoms with Crippen molar-refractivity contribution in [2.45, 2.75) is 39.0 Å². The van der Waals surface area contributed by atoms with Crippen molar-refractivity contribution in [1.82, 2.24) is 4.98 Å². The number of anilines is 1. The minimum atomic E-state index is -0.508. The molecule has 0 bridgehead atoms. The van der Waals surface area contributed by atoms with Crippen LogP contribution in [0.3, 0.4) is 0 Å². The summed E-state index contributed by atoms with van der Waals surface area (Å²) in [5.74, 6) is -0.0295. The Morgan fingerprint density at radius 1 is 1.48 bits per heavy atom. The second-order valence-electron chi connectivity index (χ2n) is 6.33. The van der Waals surface area contributed by atoms with Crippen molar-refractivity contribution in [3.8, 4) is 0 Å². The molecule has 1 aromatic heterocycles. The van der Waals surface area contributed by atoms with E-state index in [0.717, 1.165) is 4.88 Å². The molecule has 0 saturated carbocycles. The molecule has 1 aliphatic rings. The molecule has 0 radical (unpaired) electrons. The molecule has 2 rings (SSSR count). The van der Waals surface area contributed by atoms with Gasteiger partial charge < -0.3 is 15.8 Å². The number of carbonyl (C=O) groups is 1. The number of hydrogen-bond acceptors (Lipinski definition) is 5. The number of nitrogens with one attached hydrogen (secondary N) is 1. The van der Waals surface area contributed by atoms with Gasteiger partial charge in [0, 0.05) is 30.8 Å². The summed E-state index contributed by atoms with van der Waals surface area (Å²) in [7, 11) is 0. The summed E-state index contributed by atoms with van der Waals surface area (Å²) in [6, 6.07) is 0. The van der Waals surface area contributed by atoms with Crippen LogP contribution in [-0.4, -0.2) is 30.6 Å². The van der Waals surface area contributed by atoms with Crippen molar-refractivity contribution in [3.05, 3.63) is 11.1 Å². The van der Waals surface area contributed by atoms with E-state index in [2.05, 4.69) is 31.1 Å². The monoisotopic (exact) mass is 333 g/mol. The molecule has 1 aliphatic heterocycles. The third kappa shape index (κ3) is 4.16. The molecular formula is C14H24ClN3O2S. The summed E-state index contributed by atoms with van der Waals surface area (Å²) in [5, 5.41) is 3.58. The van der Waals surface area contributed by atoms with Crippen LogP contribution in [0.15, 0.2) is 6.20 Å². The smallest absolute Gasteiger partial charge is 0.233 e. The number of thiazole rings is 1. The highest BCUT2D eigenvalue weighted by Gasteiger charge is 2.39. The second-order valence-corrected chi connectivity index (χ2v) is 7.36. The topological polar surface area (TPSA) is 77.2 Å². The minimum absolute atomic E-state index is 0. The fourth-order valence-corrected chi connectivity index (χ4v) is 3.06. The van der Waals surface area contributed by atoms with Gasteiger partial charge in [0.15, 0.2) is 5.13 Å². The number of nitrogens with two attached hydrogens (primary N) is 1. The standard InChI is InChI=1S/C14H23N3O2S.ClH/c1-13(2,3)10-8-16-12(20-10)17-11(18)14(9-15)4-6-19-7-5-14;/h8H,4-7,9,15H2,1-3H3,(H,16,17,18);1H. The fourth-order valence-electron chi connectivity index (χ4n) is 2.19. The van der Waals surface area contributed by atoms with Gasteiger partial charge in [-0.2, -0.15) is 0 Å². The Morgan fingerprint density at radius 2 is 2.10 bits per heavy atom. The van der Waals surface area contributed by atoms with Gasteiger partial charge in [0.1, 0.15) is 0 Å². The fraction of sp³-hybridized carbons (Fsp3) is 0.714. The van der Waals surface area contributed by atoms with E-state index in [9.17, 15) is 4.79 Å². The zero-order valence-corrected chi connectivity index (χ0v) is 14.4. The third-order valence-electron chi connectivity index (χ3n) is 3.79. The van der Waals surface area contributed by atoms with Gasteiger partial charge in [-0.3, -0.25) is 4.79 Å². The maximum absolute atomic E-state index is 12.5. The van der Waals surface area contributed by atoms with Crippen molar-refractivity contribution >= 4 is 34.8 Å². The lowest BCUT2D eigenvalue weighted by molar-refractivity contribution is -0.130. The van der Waals surface area contributed by atoms with Gasteiger partial charge in [-0.05, 0) is 18.3 Å². The SMILES string of the molecule is CC(C)(C)c1cnc(NC(=O)C2(CN)CCOCC2)s1.Cl. The first-order valence-corrected chi connectivity index (χ1v) is 7.75. The molecule has 0 spiro atoms. The Labute approximate surface area is 136 Å². The molecule has 1 saturated heterocycles. The molecule has 3 N–H and O–H groups in total. The van der Waals surface area contributed by atoms with Gasteiger partial charge in [-0.15, -0.1) is 23.7 Å². The first kappa shape index (κ1) is 18.4. The predicted octanol–water partition coefficient (Wildman–Crippen LogP) is 2.56. The number of ether oxygens (including phenoxy) is 1. The first-order chi connectivity index (χ1) is 9.37. The number of amides is 1. The number of hydrogen-bond donors (Lipinski definition) is 2. The zero-order chi connectivity index (χ0) is 14.8. The minimum Gasteiger partial charge on any atom is -0.381 e. The van der Waals surface area contributed by atoms with Crippen molar-refractivity contribution in [3.63, 3.8) is 0 Å². The van der Waals surface area contributed by atoms with Gasteiger partial charge >= 0.3 is 0 Å². The number of halogens is 1. The van der Waals surface area contributed by atoms with E-state index in [1.165, 1.54) is 11.3 Å². The van der Waals surface area contributed by atoms with E-state index in [4.69, 9.17) is 10.5 Å². The molecule has 7 heteroatoms. The molecule has 0 atom stereocenters. The van der Waals surface area contributed by atoms with Crippen LogP contribution in [0, 0.1) is 5.41 Å². The molecule has 0 unspecified atom stereocenters. The van der Waals surface area contributed by atoms with Gasteiger partial charge in [0.2, 0.25) is 5.91 Å². The highest BCUT2D eigenvalue weighted by molar-refractivity contribution is 7.15. The Hall–Kier alpha value is -0.690. The van der Waals surface area contributed by atoms with Gasteiger partial charge in [0.05, 0.1) is 5.41 Å². The maximum atomic E-state index is 12.5. The molecule has 21 heavy (non-hydrogen) atoms. The molecule has 0 aliphatic carbocycles. The van der Waals surface area contributed by atoms with E-state index in [-0.39, 0.29) is 23.7 Å². The Balaban J connectivity index is 0.00000220. The summed E-state index contributed by atoms with van der Waals surface area (Å²) in [5.41, 5.74) is 5.37. The number of rotatable bonds is 3. The van der Waals surface area contributed by atoms with Crippen molar-refractivity contribution in [2.75, 3.05) is 25.1 Å². The lowest BCUT2D eigenvalue weighted by Gasteiger charge is -2.34. The van der Waals surface area contributed by atoms with Gasteiger partial charge in [0.25, 0.3) is 0 Å². The van der Waals surface area contributed by atoms with E-state index in [1.54, 1.807) is 0 Å². The summed E-state index contributed by atoms with van der Waals surface area (Å²) < 4.78 is 5.33. The largest absolute Gasteiger partial charge is 0.381 e. The Morgan fingerprint density at radius 3 is 2.57 bits per heavy atom. The summed E-state index contributed by atoms with van der Waals surface area (Å²) >= 11 is 1.53. The van der Waals surface area contributed by atoms with Crippen molar-refractivity contribution in [2.24, 2.45) is 11.1 Å². The van der Waals surface area contributed by atoms with E-state index in [0.29, 0.717) is 37.7 Å². The highest BCUT2D eigenvalue weighted by atomic mass is 35.5. The molecule has 120 valence electrons. The van der Waals surface area contributed by atoms with E-state index in [1.807, 2.05) is 6.20 Å². The van der Waals surface area contributed by atoms with Gasteiger partial charge in [-0.1, -0.05) is 20.8 Å². The van der Waals surface area contributed by atoms with Crippen LogP contribution < -0.4 is 11.1 Å². The molecular weight excluding hydrogens is 310 g/mol. The Bertz CT molecular complexity index is 479. The zero-order valence-electron chi connectivity index (χ0n) is 12.8. The average Bonchev–Trinajstić information content (AvgIpc) is 2.88. The van der Waals surface area contributed by atoms with E-state index >= 15 is 0 Å². The number of carbonyl (C=O) groups excluding carboxylic acids is 1.